The second-order valence-corrected chi connectivity index (χ2v) is 5.65. The van der Waals surface area contributed by atoms with Crippen molar-refractivity contribution in [3.05, 3.63) is 33.8 Å². The first-order chi connectivity index (χ1) is 6.86. The van der Waals surface area contributed by atoms with Gasteiger partial charge in [0.2, 0.25) is 0 Å². The van der Waals surface area contributed by atoms with Crippen molar-refractivity contribution in [3.8, 4) is 0 Å². The van der Waals surface area contributed by atoms with Crippen molar-refractivity contribution in [2.45, 2.75) is 32.3 Å². The van der Waals surface area contributed by atoms with Crippen LogP contribution in [-0.2, 0) is 5.41 Å². The number of hydrogen-bond acceptors (Lipinski definition) is 2. The highest BCUT2D eigenvalue weighted by molar-refractivity contribution is 9.10. The lowest BCUT2D eigenvalue weighted by molar-refractivity contribution is 0.184. The van der Waals surface area contributed by atoms with Gasteiger partial charge < -0.3 is 10.8 Å². The van der Waals surface area contributed by atoms with Crippen LogP contribution < -0.4 is 5.73 Å². The van der Waals surface area contributed by atoms with Gasteiger partial charge >= 0.3 is 0 Å². The number of halogens is 1. The molecule has 0 spiro atoms. The minimum atomic E-state index is -0.586. The zero-order chi connectivity index (χ0) is 11.6. The van der Waals surface area contributed by atoms with Crippen LogP contribution in [0, 0.1) is 0 Å². The molecular formula is C12H18BrNO. The number of nitrogens with two attached hydrogens (primary N) is 1. The van der Waals surface area contributed by atoms with Crippen LogP contribution >= 0.6 is 15.9 Å². The van der Waals surface area contributed by atoms with Gasteiger partial charge in [-0.25, -0.2) is 0 Å². The molecular weight excluding hydrogens is 254 g/mol. The first-order valence-electron chi connectivity index (χ1n) is 5.04. The summed E-state index contributed by atoms with van der Waals surface area (Å²) in [5.41, 5.74) is 7.58. The Kier molecular flexibility index (Phi) is 3.93. The molecule has 1 rings (SSSR count). The third-order valence-electron chi connectivity index (χ3n) is 2.40. The third-order valence-corrected chi connectivity index (χ3v) is 2.90. The molecule has 0 heterocycles. The minimum Gasteiger partial charge on any atom is -0.387 e. The second-order valence-electron chi connectivity index (χ2n) is 4.73. The molecule has 1 atom stereocenters. The zero-order valence-electron chi connectivity index (χ0n) is 9.42. The molecule has 3 N–H and O–H groups in total. The molecule has 15 heavy (non-hydrogen) atoms. The van der Waals surface area contributed by atoms with Crippen LogP contribution in [0.4, 0.5) is 0 Å². The van der Waals surface area contributed by atoms with Crippen molar-refractivity contribution in [2.24, 2.45) is 5.73 Å². The van der Waals surface area contributed by atoms with Crippen molar-refractivity contribution in [2.75, 3.05) is 6.54 Å². The van der Waals surface area contributed by atoms with E-state index < -0.39 is 6.10 Å². The standard InChI is InChI=1S/C12H18BrNO/c1-12(2,3)10-5-4-8(13)6-9(10)11(15)7-14/h4-6,11,15H,7,14H2,1-3H3. The van der Waals surface area contributed by atoms with Crippen molar-refractivity contribution in [1.29, 1.82) is 0 Å². The Hall–Kier alpha value is -0.380. The fraction of sp³-hybridized carbons (Fsp3) is 0.500. The lowest BCUT2D eigenvalue weighted by Gasteiger charge is -2.25. The van der Waals surface area contributed by atoms with Gasteiger partial charge in [0.15, 0.2) is 0 Å². The summed E-state index contributed by atoms with van der Waals surface area (Å²) in [7, 11) is 0. The highest BCUT2D eigenvalue weighted by atomic mass is 79.9. The monoisotopic (exact) mass is 271 g/mol. The van der Waals surface area contributed by atoms with E-state index in [1.54, 1.807) is 0 Å². The topological polar surface area (TPSA) is 46.2 Å². The molecule has 1 unspecified atom stereocenters. The fourth-order valence-corrected chi connectivity index (χ4v) is 2.00. The molecule has 0 bridgehead atoms. The van der Waals surface area contributed by atoms with Gasteiger partial charge in [-0.05, 0) is 28.7 Å². The molecule has 2 nitrogen and oxygen atoms in total. The smallest absolute Gasteiger partial charge is 0.0915 e. The Morgan fingerprint density at radius 1 is 1.40 bits per heavy atom. The average molecular weight is 272 g/mol. The first-order valence-corrected chi connectivity index (χ1v) is 5.83. The lowest BCUT2D eigenvalue weighted by atomic mass is 9.82. The van der Waals surface area contributed by atoms with Crippen LogP contribution in [0.15, 0.2) is 22.7 Å². The Labute approximate surface area is 99.6 Å². The third kappa shape index (κ3) is 3.03. The Bertz CT molecular complexity index is 344. The molecule has 0 saturated heterocycles. The highest BCUT2D eigenvalue weighted by Gasteiger charge is 2.21. The summed E-state index contributed by atoms with van der Waals surface area (Å²) in [5.74, 6) is 0. The average Bonchev–Trinajstić information content (AvgIpc) is 2.14. The van der Waals surface area contributed by atoms with Crippen LogP contribution in [0.1, 0.15) is 38.0 Å². The summed E-state index contributed by atoms with van der Waals surface area (Å²) in [6, 6.07) is 5.98. The second kappa shape index (κ2) is 4.64. The van der Waals surface area contributed by atoms with Gasteiger partial charge in [-0.1, -0.05) is 42.8 Å². The van der Waals surface area contributed by atoms with Gasteiger partial charge in [0.25, 0.3) is 0 Å². The Balaban J connectivity index is 3.27. The van der Waals surface area contributed by atoms with E-state index in [1.165, 1.54) is 0 Å². The Morgan fingerprint density at radius 3 is 2.47 bits per heavy atom. The quantitative estimate of drug-likeness (QED) is 0.869. The molecule has 84 valence electrons. The molecule has 0 amide bonds. The summed E-state index contributed by atoms with van der Waals surface area (Å²) in [4.78, 5) is 0. The van der Waals surface area contributed by atoms with E-state index in [9.17, 15) is 5.11 Å². The van der Waals surface area contributed by atoms with E-state index in [1.807, 2.05) is 18.2 Å². The van der Waals surface area contributed by atoms with E-state index >= 15 is 0 Å². The van der Waals surface area contributed by atoms with Gasteiger partial charge in [0.05, 0.1) is 6.10 Å². The number of benzene rings is 1. The lowest BCUT2D eigenvalue weighted by Crippen LogP contribution is -2.19. The SMILES string of the molecule is CC(C)(C)c1ccc(Br)cc1C(O)CN. The number of aliphatic hydroxyl groups is 1. The molecule has 0 saturated carbocycles. The van der Waals surface area contributed by atoms with E-state index in [2.05, 4.69) is 36.7 Å². The van der Waals surface area contributed by atoms with Crippen LogP contribution in [-0.4, -0.2) is 11.7 Å². The minimum absolute atomic E-state index is 0.0200. The normalized spacial score (nSPS) is 14.0. The molecule has 0 radical (unpaired) electrons. The molecule has 1 aromatic carbocycles. The number of hydrogen-bond donors (Lipinski definition) is 2. The van der Waals surface area contributed by atoms with E-state index in [0.717, 1.165) is 15.6 Å². The van der Waals surface area contributed by atoms with Crippen molar-refractivity contribution in [1.82, 2.24) is 0 Å². The van der Waals surface area contributed by atoms with Gasteiger partial charge in [0, 0.05) is 11.0 Å². The molecule has 1 aromatic rings. The van der Waals surface area contributed by atoms with E-state index in [0.29, 0.717) is 0 Å². The maximum absolute atomic E-state index is 9.85. The predicted octanol–water partition coefficient (Wildman–Crippen LogP) is 2.74. The maximum atomic E-state index is 9.85. The fourth-order valence-electron chi connectivity index (χ4n) is 1.62. The summed E-state index contributed by atoms with van der Waals surface area (Å²) < 4.78 is 0.970. The zero-order valence-corrected chi connectivity index (χ0v) is 11.0. The molecule has 0 aliphatic carbocycles. The van der Waals surface area contributed by atoms with Crippen molar-refractivity contribution < 1.29 is 5.11 Å². The van der Waals surface area contributed by atoms with Crippen molar-refractivity contribution >= 4 is 15.9 Å². The van der Waals surface area contributed by atoms with Crippen LogP contribution in [0.3, 0.4) is 0 Å². The summed E-state index contributed by atoms with van der Waals surface area (Å²) in [6.07, 6.45) is -0.586. The summed E-state index contributed by atoms with van der Waals surface area (Å²) in [5, 5.41) is 9.85. The first kappa shape index (κ1) is 12.7. The molecule has 0 aliphatic heterocycles. The van der Waals surface area contributed by atoms with Gasteiger partial charge in [-0.15, -0.1) is 0 Å². The largest absolute Gasteiger partial charge is 0.387 e. The van der Waals surface area contributed by atoms with Crippen molar-refractivity contribution in [3.63, 3.8) is 0 Å². The van der Waals surface area contributed by atoms with Crippen LogP contribution in [0.2, 0.25) is 0 Å². The van der Waals surface area contributed by atoms with E-state index in [4.69, 9.17) is 5.73 Å². The summed E-state index contributed by atoms with van der Waals surface area (Å²) >= 11 is 3.41. The molecule has 0 aromatic heterocycles. The number of rotatable bonds is 2. The van der Waals surface area contributed by atoms with Gasteiger partial charge in [-0.2, -0.15) is 0 Å². The summed E-state index contributed by atoms with van der Waals surface area (Å²) in [6.45, 7) is 6.63. The maximum Gasteiger partial charge on any atom is 0.0915 e. The van der Waals surface area contributed by atoms with Crippen LogP contribution in [0.5, 0.6) is 0 Å². The molecule has 3 heteroatoms. The number of aliphatic hydroxyl groups excluding tert-OH is 1. The van der Waals surface area contributed by atoms with Gasteiger partial charge in [-0.3, -0.25) is 0 Å². The van der Waals surface area contributed by atoms with Crippen LogP contribution in [0.25, 0.3) is 0 Å². The molecule has 0 aliphatic rings. The predicted molar refractivity (Wildman–Crippen MR) is 66.9 cm³/mol. The van der Waals surface area contributed by atoms with E-state index in [-0.39, 0.29) is 12.0 Å². The Morgan fingerprint density at radius 2 is 2.00 bits per heavy atom. The molecule has 0 fully saturated rings. The highest BCUT2D eigenvalue weighted by Crippen LogP contribution is 2.31. The van der Waals surface area contributed by atoms with Gasteiger partial charge in [0.1, 0.15) is 0 Å².